The van der Waals surface area contributed by atoms with E-state index in [-0.39, 0.29) is 17.2 Å². The maximum absolute atomic E-state index is 12.9. The molecule has 0 atom stereocenters. The van der Waals surface area contributed by atoms with Crippen LogP contribution in [0.4, 0.5) is 4.39 Å². The Labute approximate surface area is 118 Å². The minimum absolute atomic E-state index is 0.250. The fourth-order valence-corrected chi connectivity index (χ4v) is 2.08. The van der Waals surface area contributed by atoms with Crippen molar-refractivity contribution in [3.8, 4) is 0 Å². The molecule has 0 amide bonds. The molecule has 1 aliphatic carbocycles. The van der Waals surface area contributed by atoms with E-state index in [9.17, 15) is 9.18 Å². The molecule has 1 aromatic carbocycles. The number of halogens is 1. The minimum atomic E-state index is -0.430. The molecule has 108 valence electrons. The van der Waals surface area contributed by atoms with Crippen LogP contribution in [-0.4, -0.2) is 18.2 Å². The van der Waals surface area contributed by atoms with E-state index in [1.807, 2.05) is 0 Å². The molecule has 1 saturated carbocycles. The molecule has 1 fully saturated rings. The molecule has 1 aliphatic rings. The fourth-order valence-electron chi connectivity index (χ4n) is 2.08. The Bertz CT molecular complexity index is 501. The first-order chi connectivity index (χ1) is 9.58. The number of ether oxygens (including phenoxy) is 2. The van der Waals surface area contributed by atoms with Crippen molar-refractivity contribution in [3.63, 3.8) is 0 Å². The van der Waals surface area contributed by atoms with Crippen LogP contribution in [0.3, 0.4) is 0 Å². The Morgan fingerprint density at radius 2 is 2.00 bits per heavy atom. The Hall–Kier alpha value is -1.84. The third kappa shape index (κ3) is 3.59. The van der Waals surface area contributed by atoms with Gasteiger partial charge in [0, 0.05) is 6.42 Å². The topological polar surface area (TPSA) is 35.5 Å². The lowest BCUT2D eigenvalue weighted by Gasteiger charge is -2.19. The lowest BCUT2D eigenvalue weighted by molar-refractivity contribution is -0.144. The van der Waals surface area contributed by atoms with E-state index in [0.29, 0.717) is 13.0 Å². The molecule has 3 nitrogen and oxygen atoms in total. The summed E-state index contributed by atoms with van der Waals surface area (Å²) in [6.45, 7) is 3.83. The summed E-state index contributed by atoms with van der Waals surface area (Å²) >= 11 is 0. The van der Waals surface area contributed by atoms with Crippen molar-refractivity contribution >= 4 is 5.97 Å². The van der Waals surface area contributed by atoms with Gasteiger partial charge in [-0.2, -0.15) is 0 Å². The highest BCUT2D eigenvalue weighted by atomic mass is 19.1. The van der Waals surface area contributed by atoms with Crippen LogP contribution in [0.15, 0.2) is 36.1 Å². The summed E-state index contributed by atoms with van der Waals surface area (Å²) in [5.41, 5.74) is 0.662. The molecule has 0 heterocycles. The second kappa shape index (κ2) is 6.07. The molecule has 0 bridgehead atoms. The number of hydrogen-bond acceptors (Lipinski definition) is 3. The highest BCUT2D eigenvalue weighted by Gasteiger charge is 2.46. The average molecular weight is 278 g/mol. The van der Waals surface area contributed by atoms with E-state index in [1.54, 1.807) is 32.1 Å². The predicted octanol–water partition coefficient (Wildman–Crippen LogP) is 3.38. The Balaban J connectivity index is 2.01. The number of rotatable bonds is 6. The number of esters is 1. The van der Waals surface area contributed by atoms with Crippen LogP contribution in [0.25, 0.3) is 0 Å². The smallest absolute Gasteiger partial charge is 0.373 e. The van der Waals surface area contributed by atoms with Crippen LogP contribution in [-0.2, 0) is 20.7 Å². The molecule has 0 saturated heterocycles. The van der Waals surface area contributed by atoms with Gasteiger partial charge in [0.25, 0.3) is 0 Å². The lowest BCUT2D eigenvalue weighted by atomic mass is 10.1. The van der Waals surface area contributed by atoms with Gasteiger partial charge >= 0.3 is 5.97 Å². The quantitative estimate of drug-likeness (QED) is 0.454. The average Bonchev–Trinajstić information content (AvgIpc) is 3.19. The number of allylic oxidation sites excluding steroid dienone is 1. The van der Waals surface area contributed by atoms with Crippen LogP contribution in [0.1, 0.15) is 32.3 Å². The van der Waals surface area contributed by atoms with Gasteiger partial charge in [-0.25, -0.2) is 9.18 Å². The number of benzene rings is 1. The van der Waals surface area contributed by atoms with Crippen molar-refractivity contribution in [1.82, 2.24) is 0 Å². The molecule has 0 unspecified atom stereocenters. The van der Waals surface area contributed by atoms with Crippen LogP contribution in [0.2, 0.25) is 0 Å². The minimum Gasteiger partial charge on any atom is -0.480 e. The maximum Gasteiger partial charge on any atom is 0.373 e. The Kier molecular flexibility index (Phi) is 4.42. The van der Waals surface area contributed by atoms with E-state index in [2.05, 4.69) is 0 Å². The molecule has 0 radical (unpaired) electrons. The molecule has 1 aromatic rings. The first-order valence-corrected chi connectivity index (χ1v) is 6.85. The van der Waals surface area contributed by atoms with Gasteiger partial charge in [-0.1, -0.05) is 12.1 Å². The second-order valence-corrected chi connectivity index (χ2v) is 4.96. The lowest BCUT2D eigenvalue weighted by Crippen LogP contribution is -2.22. The van der Waals surface area contributed by atoms with Gasteiger partial charge in [0.1, 0.15) is 11.4 Å². The zero-order chi connectivity index (χ0) is 14.6. The van der Waals surface area contributed by atoms with E-state index in [1.165, 1.54) is 12.1 Å². The second-order valence-electron chi connectivity index (χ2n) is 4.96. The molecule has 0 N–H and O–H groups in total. The molecule has 0 aliphatic heterocycles. The highest BCUT2D eigenvalue weighted by molar-refractivity contribution is 5.86. The van der Waals surface area contributed by atoms with Crippen molar-refractivity contribution in [2.75, 3.05) is 6.61 Å². The van der Waals surface area contributed by atoms with Crippen molar-refractivity contribution in [2.45, 2.75) is 38.7 Å². The van der Waals surface area contributed by atoms with Gasteiger partial charge in [0.15, 0.2) is 0 Å². The van der Waals surface area contributed by atoms with Gasteiger partial charge in [-0.15, -0.1) is 0 Å². The van der Waals surface area contributed by atoms with E-state index < -0.39 is 5.97 Å². The van der Waals surface area contributed by atoms with Crippen LogP contribution < -0.4 is 0 Å². The number of carbonyl (C=O) groups is 1. The fraction of sp³-hybridized carbons (Fsp3) is 0.438. The summed E-state index contributed by atoms with van der Waals surface area (Å²) in [6.07, 6.45) is 4.08. The first-order valence-electron chi connectivity index (χ1n) is 6.85. The largest absolute Gasteiger partial charge is 0.480 e. The van der Waals surface area contributed by atoms with Gasteiger partial charge in [-0.3, -0.25) is 0 Å². The maximum atomic E-state index is 12.9. The summed E-state index contributed by atoms with van der Waals surface area (Å²) < 4.78 is 23.7. The van der Waals surface area contributed by atoms with Crippen molar-refractivity contribution in [2.24, 2.45) is 0 Å². The van der Waals surface area contributed by atoms with E-state index >= 15 is 0 Å². The van der Waals surface area contributed by atoms with Gasteiger partial charge in [-0.05, 0) is 50.5 Å². The molecule has 2 rings (SSSR count). The zero-order valence-electron chi connectivity index (χ0n) is 11.8. The number of carbonyl (C=O) groups excluding carboxylic acids is 1. The van der Waals surface area contributed by atoms with Crippen molar-refractivity contribution in [3.05, 3.63) is 47.5 Å². The van der Waals surface area contributed by atoms with Crippen molar-refractivity contribution in [1.29, 1.82) is 0 Å². The zero-order valence-corrected chi connectivity index (χ0v) is 11.8. The van der Waals surface area contributed by atoms with E-state index in [4.69, 9.17) is 9.47 Å². The third-order valence-electron chi connectivity index (χ3n) is 3.31. The molecule has 4 heteroatoms. The Morgan fingerprint density at radius 3 is 2.50 bits per heavy atom. The monoisotopic (exact) mass is 278 g/mol. The normalized spacial score (nSPS) is 16.6. The molecule has 0 spiro atoms. The standard InChI is InChI=1S/C16H19FO3/c1-3-14(15(18)19-4-2)20-16(9-10-16)11-12-5-7-13(17)8-6-12/h3,5-8H,4,9-11H2,1-2H3/b14-3-. The highest BCUT2D eigenvalue weighted by Crippen LogP contribution is 2.44. The third-order valence-corrected chi connectivity index (χ3v) is 3.31. The number of hydrogen-bond donors (Lipinski definition) is 0. The van der Waals surface area contributed by atoms with Gasteiger partial charge in [0.05, 0.1) is 6.61 Å². The summed E-state index contributed by atoms with van der Waals surface area (Å²) in [5.74, 6) is -0.424. The Morgan fingerprint density at radius 1 is 1.35 bits per heavy atom. The predicted molar refractivity (Wildman–Crippen MR) is 73.5 cm³/mol. The van der Waals surface area contributed by atoms with Crippen molar-refractivity contribution < 1.29 is 18.7 Å². The van der Waals surface area contributed by atoms with Gasteiger partial charge in [0.2, 0.25) is 5.76 Å². The summed E-state index contributed by atoms with van der Waals surface area (Å²) in [7, 11) is 0. The van der Waals surface area contributed by atoms with Crippen LogP contribution >= 0.6 is 0 Å². The molecule has 0 aromatic heterocycles. The molecular weight excluding hydrogens is 259 g/mol. The molecule has 20 heavy (non-hydrogen) atoms. The first kappa shape index (κ1) is 14.6. The van der Waals surface area contributed by atoms with Crippen LogP contribution in [0.5, 0.6) is 0 Å². The van der Waals surface area contributed by atoms with Crippen LogP contribution in [0, 0.1) is 5.82 Å². The van der Waals surface area contributed by atoms with Gasteiger partial charge < -0.3 is 9.47 Å². The van der Waals surface area contributed by atoms with E-state index in [0.717, 1.165) is 18.4 Å². The summed E-state index contributed by atoms with van der Waals surface area (Å²) in [4.78, 5) is 11.7. The molecular formula is C16H19FO3. The summed E-state index contributed by atoms with van der Waals surface area (Å²) in [6, 6.07) is 6.37. The SMILES string of the molecule is C/C=C(\OC1(Cc2ccc(F)cc2)CC1)C(=O)OCC. The summed E-state index contributed by atoms with van der Waals surface area (Å²) in [5, 5.41) is 0.